The molecule has 0 aromatic heterocycles. The van der Waals surface area contributed by atoms with Crippen LogP contribution in [-0.4, -0.2) is 18.4 Å². The van der Waals surface area contributed by atoms with Gasteiger partial charge >= 0.3 is 5.97 Å². The molecule has 0 bridgehead atoms. The van der Waals surface area contributed by atoms with Gasteiger partial charge in [-0.1, -0.05) is 103 Å². The van der Waals surface area contributed by atoms with Crippen LogP contribution in [0.3, 0.4) is 0 Å². The van der Waals surface area contributed by atoms with Crippen molar-refractivity contribution in [2.75, 3.05) is 6.61 Å². The van der Waals surface area contributed by atoms with Gasteiger partial charge in [0.25, 0.3) is 0 Å². The van der Waals surface area contributed by atoms with Crippen LogP contribution < -0.4 is 0 Å². The Balaban J connectivity index is 3.30. The minimum atomic E-state index is -0.571. The van der Waals surface area contributed by atoms with E-state index in [0.29, 0.717) is 6.42 Å². The molecule has 26 heavy (non-hydrogen) atoms. The zero-order valence-corrected chi connectivity index (χ0v) is 17.5. The van der Waals surface area contributed by atoms with E-state index in [4.69, 9.17) is 4.74 Å². The molecule has 0 fully saturated rings. The lowest BCUT2D eigenvalue weighted by Gasteiger charge is -2.05. The number of ketones is 1. The van der Waals surface area contributed by atoms with Crippen molar-refractivity contribution < 1.29 is 14.3 Å². The molecule has 0 heterocycles. The molecule has 0 aliphatic carbocycles. The van der Waals surface area contributed by atoms with Crippen molar-refractivity contribution >= 4 is 11.8 Å². The van der Waals surface area contributed by atoms with Gasteiger partial charge in [-0.2, -0.15) is 0 Å². The summed E-state index contributed by atoms with van der Waals surface area (Å²) in [5.74, 6) is -0.739. The predicted octanol–water partition coefficient (Wildman–Crippen LogP) is 6.94. The molecular weight excluding hydrogens is 324 g/mol. The molecule has 0 saturated carbocycles. The number of esters is 1. The fourth-order valence-electron chi connectivity index (χ4n) is 3.14. The van der Waals surface area contributed by atoms with E-state index in [1.54, 1.807) is 6.92 Å². The highest BCUT2D eigenvalue weighted by atomic mass is 16.5. The molecule has 0 rings (SSSR count). The summed E-state index contributed by atoms with van der Waals surface area (Å²) in [7, 11) is 0. The summed E-state index contributed by atoms with van der Waals surface area (Å²) in [6, 6.07) is 0. The molecule has 0 aliphatic heterocycles. The lowest BCUT2D eigenvalue weighted by atomic mass is 10.0. The Morgan fingerprint density at radius 3 is 1.42 bits per heavy atom. The minimum absolute atomic E-state index is 0.00258. The highest BCUT2D eigenvalue weighted by Crippen LogP contribution is 2.14. The highest BCUT2D eigenvalue weighted by molar-refractivity contribution is 6.16. The van der Waals surface area contributed by atoms with Crippen molar-refractivity contribution in [3.63, 3.8) is 0 Å². The maximum absolute atomic E-state index is 11.8. The monoisotopic (exact) mass is 366 g/mol. The zero-order chi connectivity index (χ0) is 19.5. The van der Waals surface area contributed by atoms with Crippen LogP contribution >= 0.6 is 0 Å². The normalized spacial score (nSPS) is 10.7. The van der Waals surface area contributed by atoms with E-state index in [2.05, 4.69) is 13.5 Å². The smallest absolute Gasteiger partial charge is 0.341 e. The maximum Gasteiger partial charge on any atom is 0.341 e. The summed E-state index contributed by atoms with van der Waals surface area (Å²) in [5.41, 5.74) is -0.00258. The third kappa shape index (κ3) is 15.2. The summed E-state index contributed by atoms with van der Waals surface area (Å²) >= 11 is 0. The number of carbonyl (C=O) groups is 2. The second-order valence-electron chi connectivity index (χ2n) is 7.32. The van der Waals surface area contributed by atoms with Crippen LogP contribution in [0.2, 0.25) is 0 Å². The molecule has 0 saturated heterocycles. The first-order chi connectivity index (χ1) is 12.6. The van der Waals surface area contributed by atoms with Gasteiger partial charge in [-0.25, -0.2) is 4.79 Å². The summed E-state index contributed by atoms with van der Waals surface area (Å²) < 4.78 is 4.79. The van der Waals surface area contributed by atoms with Gasteiger partial charge in [0.05, 0.1) is 12.2 Å². The average molecular weight is 367 g/mol. The molecule has 0 aromatic carbocycles. The molecule has 0 radical (unpaired) electrons. The molecule has 3 nitrogen and oxygen atoms in total. The summed E-state index contributed by atoms with van der Waals surface area (Å²) in [5, 5.41) is 0. The van der Waals surface area contributed by atoms with Gasteiger partial charge in [0.1, 0.15) is 0 Å². The Morgan fingerprint density at radius 1 is 0.654 bits per heavy atom. The second-order valence-corrected chi connectivity index (χ2v) is 7.32. The number of ether oxygens (including phenoxy) is 1. The number of unbranched alkanes of at least 4 members (excludes halogenated alkanes) is 14. The Morgan fingerprint density at radius 2 is 1.04 bits per heavy atom. The first-order valence-electron chi connectivity index (χ1n) is 11.0. The van der Waals surface area contributed by atoms with E-state index in [-0.39, 0.29) is 18.0 Å². The molecule has 0 spiro atoms. The number of rotatable bonds is 19. The van der Waals surface area contributed by atoms with E-state index < -0.39 is 5.97 Å². The van der Waals surface area contributed by atoms with Crippen LogP contribution in [-0.2, 0) is 14.3 Å². The van der Waals surface area contributed by atoms with Gasteiger partial charge in [-0.3, -0.25) is 4.79 Å². The highest BCUT2D eigenvalue weighted by Gasteiger charge is 2.15. The van der Waals surface area contributed by atoms with Crippen LogP contribution in [0.1, 0.15) is 117 Å². The van der Waals surface area contributed by atoms with Crippen molar-refractivity contribution in [2.24, 2.45) is 0 Å². The molecule has 152 valence electrons. The fraction of sp³-hybridized carbons (Fsp3) is 0.826. The number of carbonyl (C=O) groups excluding carboxylic acids is 2. The van der Waals surface area contributed by atoms with Gasteiger partial charge in [0.2, 0.25) is 0 Å². The summed E-state index contributed by atoms with van der Waals surface area (Å²) in [6.07, 6.45) is 19.9. The standard InChI is InChI=1S/C23H42O3/c1-4-6-7-8-9-10-11-12-13-14-15-16-17-18-19-20-22(24)21(3)23(25)26-5-2/h3-20H2,1-2H3. The molecule has 0 unspecified atom stereocenters. The quantitative estimate of drug-likeness (QED) is 0.0817. The van der Waals surface area contributed by atoms with Crippen molar-refractivity contribution in [1.82, 2.24) is 0 Å². The Bertz CT molecular complexity index is 374. The van der Waals surface area contributed by atoms with E-state index in [0.717, 1.165) is 12.8 Å². The van der Waals surface area contributed by atoms with E-state index in [9.17, 15) is 9.59 Å². The SMILES string of the molecule is C=C(C(=O)CCCCCCCCCCCCCCCCC)C(=O)OCC. The van der Waals surface area contributed by atoms with Crippen molar-refractivity contribution in [1.29, 1.82) is 0 Å². The molecule has 3 heteroatoms. The Labute approximate surface area is 162 Å². The van der Waals surface area contributed by atoms with E-state index in [1.807, 2.05) is 0 Å². The van der Waals surface area contributed by atoms with Gasteiger partial charge in [-0.05, 0) is 13.3 Å². The summed E-state index contributed by atoms with van der Waals surface area (Å²) in [6.45, 7) is 7.81. The zero-order valence-electron chi connectivity index (χ0n) is 17.5. The lowest BCUT2D eigenvalue weighted by Crippen LogP contribution is -2.14. The molecule has 0 aliphatic rings. The number of hydrogen-bond donors (Lipinski definition) is 0. The van der Waals surface area contributed by atoms with Crippen LogP contribution in [0.15, 0.2) is 12.2 Å². The van der Waals surface area contributed by atoms with Crippen LogP contribution in [0.5, 0.6) is 0 Å². The van der Waals surface area contributed by atoms with Gasteiger partial charge < -0.3 is 4.74 Å². The lowest BCUT2D eigenvalue weighted by molar-refractivity contribution is -0.140. The van der Waals surface area contributed by atoms with Gasteiger partial charge in [0.15, 0.2) is 5.78 Å². The first-order valence-corrected chi connectivity index (χ1v) is 11.0. The van der Waals surface area contributed by atoms with E-state index in [1.165, 1.54) is 83.5 Å². The van der Waals surface area contributed by atoms with Crippen molar-refractivity contribution in [3.05, 3.63) is 12.2 Å². The number of Topliss-reactive ketones (excluding diaryl/α,β-unsaturated/α-hetero) is 1. The molecule has 0 amide bonds. The van der Waals surface area contributed by atoms with Crippen LogP contribution in [0.25, 0.3) is 0 Å². The third-order valence-corrected chi connectivity index (χ3v) is 4.87. The van der Waals surface area contributed by atoms with Crippen LogP contribution in [0.4, 0.5) is 0 Å². The van der Waals surface area contributed by atoms with Crippen molar-refractivity contribution in [3.8, 4) is 0 Å². The molecule has 0 aromatic rings. The van der Waals surface area contributed by atoms with E-state index >= 15 is 0 Å². The van der Waals surface area contributed by atoms with Gasteiger partial charge in [-0.15, -0.1) is 0 Å². The minimum Gasteiger partial charge on any atom is -0.462 e. The predicted molar refractivity (Wildman–Crippen MR) is 110 cm³/mol. The molecular formula is C23H42O3. The first kappa shape index (κ1) is 24.9. The number of hydrogen-bond acceptors (Lipinski definition) is 3. The van der Waals surface area contributed by atoms with Crippen molar-refractivity contribution in [2.45, 2.75) is 117 Å². The third-order valence-electron chi connectivity index (χ3n) is 4.87. The fourth-order valence-corrected chi connectivity index (χ4v) is 3.14. The Kier molecular flexibility index (Phi) is 17.9. The summed E-state index contributed by atoms with van der Waals surface area (Å²) in [4.78, 5) is 23.2. The van der Waals surface area contributed by atoms with Gasteiger partial charge in [0, 0.05) is 6.42 Å². The Hall–Kier alpha value is -1.12. The largest absolute Gasteiger partial charge is 0.462 e. The maximum atomic E-state index is 11.8. The molecule has 0 atom stereocenters. The average Bonchev–Trinajstić information content (AvgIpc) is 2.64. The molecule has 0 N–H and O–H groups in total. The topological polar surface area (TPSA) is 43.4 Å². The van der Waals surface area contributed by atoms with Crippen LogP contribution in [0, 0.1) is 0 Å². The second kappa shape index (κ2) is 18.7.